The number of carboxylic acids is 1. The molecule has 0 aliphatic rings. The Kier molecular flexibility index (Phi) is 4.34. The zero-order valence-corrected chi connectivity index (χ0v) is 8.60. The molecule has 0 spiro atoms. The molecule has 80 valence electrons. The molecule has 0 unspecified atom stereocenters. The standard InChI is InChI=1S/C11H14N2O2/c1-2-3-4-8-12-10-7-5-6-9(13-10)11(14)15/h2-3,5-7H,4,8H2,1H3,(H,12,13)(H,14,15)/b3-2+. The van der Waals surface area contributed by atoms with Crippen LogP contribution in [0.1, 0.15) is 23.8 Å². The lowest BCUT2D eigenvalue weighted by molar-refractivity contribution is 0.0690. The van der Waals surface area contributed by atoms with Crippen LogP contribution in [0.15, 0.2) is 30.4 Å². The molecular formula is C11H14N2O2. The first-order valence-electron chi connectivity index (χ1n) is 4.79. The molecule has 15 heavy (non-hydrogen) atoms. The van der Waals surface area contributed by atoms with E-state index in [1.165, 1.54) is 6.07 Å². The molecule has 0 atom stereocenters. The molecular weight excluding hydrogens is 192 g/mol. The highest BCUT2D eigenvalue weighted by molar-refractivity contribution is 5.85. The van der Waals surface area contributed by atoms with Crippen LogP contribution in [-0.4, -0.2) is 22.6 Å². The minimum absolute atomic E-state index is 0.0611. The van der Waals surface area contributed by atoms with Crippen molar-refractivity contribution in [2.75, 3.05) is 11.9 Å². The molecule has 4 nitrogen and oxygen atoms in total. The Morgan fingerprint density at radius 3 is 3.07 bits per heavy atom. The van der Waals surface area contributed by atoms with Crippen LogP contribution >= 0.6 is 0 Å². The summed E-state index contributed by atoms with van der Waals surface area (Å²) in [6.07, 6.45) is 4.91. The summed E-state index contributed by atoms with van der Waals surface area (Å²) in [4.78, 5) is 14.6. The third-order valence-corrected chi connectivity index (χ3v) is 1.82. The van der Waals surface area contributed by atoms with Gasteiger partial charge in [0.2, 0.25) is 0 Å². The summed E-state index contributed by atoms with van der Waals surface area (Å²) in [6.45, 7) is 2.71. The third kappa shape index (κ3) is 3.81. The number of carboxylic acid groups (broad SMARTS) is 1. The zero-order valence-electron chi connectivity index (χ0n) is 8.60. The van der Waals surface area contributed by atoms with Gasteiger partial charge in [-0.05, 0) is 25.5 Å². The molecule has 0 aliphatic carbocycles. The van der Waals surface area contributed by atoms with Crippen LogP contribution in [0.4, 0.5) is 5.82 Å². The van der Waals surface area contributed by atoms with Gasteiger partial charge in [-0.15, -0.1) is 0 Å². The molecule has 0 fully saturated rings. The summed E-state index contributed by atoms with van der Waals surface area (Å²) in [5.74, 6) is -0.411. The number of hydrogen-bond acceptors (Lipinski definition) is 3. The zero-order chi connectivity index (χ0) is 11.1. The molecule has 2 N–H and O–H groups in total. The van der Waals surface area contributed by atoms with Crippen molar-refractivity contribution in [3.8, 4) is 0 Å². The lowest BCUT2D eigenvalue weighted by Crippen LogP contribution is -2.06. The quantitative estimate of drug-likeness (QED) is 0.572. The number of carbonyl (C=O) groups is 1. The average molecular weight is 206 g/mol. The van der Waals surface area contributed by atoms with E-state index in [0.717, 1.165) is 13.0 Å². The molecule has 0 radical (unpaired) electrons. The maximum atomic E-state index is 10.6. The average Bonchev–Trinajstić information content (AvgIpc) is 2.25. The highest BCUT2D eigenvalue weighted by Gasteiger charge is 2.03. The molecule has 0 aromatic carbocycles. The minimum Gasteiger partial charge on any atom is -0.477 e. The number of nitrogens with zero attached hydrogens (tertiary/aromatic N) is 1. The van der Waals surface area contributed by atoms with Gasteiger partial charge in [-0.3, -0.25) is 0 Å². The largest absolute Gasteiger partial charge is 0.477 e. The molecule has 0 amide bonds. The first-order chi connectivity index (χ1) is 7.24. The Balaban J connectivity index is 2.54. The molecule has 0 aliphatic heterocycles. The van der Waals surface area contributed by atoms with E-state index >= 15 is 0 Å². The van der Waals surface area contributed by atoms with Crippen molar-refractivity contribution in [2.24, 2.45) is 0 Å². The Labute approximate surface area is 88.7 Å². The summed E-state index contributed by atoms with van der Waals surface area (Å²) in [5, 5.41) is 11.8. The van der Waals surface area contributed by atoms with Crippen molar-refractivity contribution in [3.05, 3.63) is 36.0 Å². The number of nitrogens with one attached hydrogen (secondary N) is 1. The van der Waals surface area contributed by atoms with Gasteiger partial charge < -0.3 is 10.4 Å². The fourth-order valence-electron chi connectivity index (χ4n) is 1.10. The molecule has 1 aromatic rings. The second kappa shape index (κ2) is 5.80. The maximum absolute atomic E-state index is 10.6. The van der Waals surface area contributed by atoms with Gasteiger partial charge in [0, 0.05) is 6.54 Å². The van der Waals surface area contributed by atoms with E-state index in [9.17, 15) is 4.79 Å². The molecule has 1 aromatic heterocycles. The summed E-state index contributed by atoms with van der Waals surface area (Å²) >= 11 is 0. The predicted octanol–water partition coefficient (Wildman–Crippen LogP) is 2.16. The first-order valence-corrected chi connectivity index (χ1v) is 4.79. The van der Waals surface area contributed by atoms with Crippen LogP contribution in [0, 0.1) is 0 Å². The SMILES string of the molecule is C/C=C/CCNc1cccc(C(=O)O)n1. The molecule has 1 heterocycles. The Hall–Kier alpha value is -1.84. The van der Waals surface area contributed by atoms with Gasteiger partial charge in [-0.2, -0.15) is 0 Å². The topological polar surface area (TPSA) is 62.2 Å². The molecule has 0 bridgehead atoms. The second-order valence-corrected chi connectivity index (χ2v) is 3.00. The number of allylic oxidation sites excluding steroid dienone is 1. The van der Waals surface area contributed by atoms with Crippen LogP contribution in [-0.2, 0) is 0 Å². The summed E-state index contributed by atoms with van der Waals surface area (Å²) in [6, 6.07) is 4.90. The van der Waals surface area contributed by atoms with Crippen LogP contribution in [0.25, 0.3) is 0 Å². The van der Waals surface area contributed by atoms with Crippen LogP contribution < -0.4 is 5.32 Å². The van der Waals surface area contributed by atoms with E-state index in [0.29, 0.717) is 5.82 Å². The van der Waals surface area contributed by atoms with E-state index in [4.69, 9.17) is 5.11 Å². The maximum Gasteiger partial charge on any atom is 0.354 e. The lowest BCUT2D eigenvalue weighted by Gasteiger charge is -2.03. The van der Waals surface area contributed by atoms with E-state index < -0.39 is 5.97 Å². The number of aromatic nitrogens is 1. The monoisotopic (exact) mass is 206 g/mol. The van der Waals surface area contributed by atoms with Crippen molar-refractivity contribution in [1.29, 1.82) is 0 Å². The molecule has 0 saturated heterocycles. The van der Waals surface area contributed by atoms with Gasteiger partial charge in [0.05, 0.1) is 0 Å². The smallest absolute Gasteiger partial charge is 0.354 e. The third-order valence-electron chi connectivity index (χ3n) is 1.82. The highest BCUT2D eigenvalue weighted by Crippen LogP contribution is 2.04. The fraction of sp³-hybridized carbons (Fsp3) is 0.273. The Morgan fingerprint density at radius 1 is 1.60 bits per heavy atom. The van der Waals surface area contributed by atoms with Gasteiger partial charge in [0.15, 0.2) is 5.69 Å². The van der Waals surface area contributed by atoms with E-state index in [1.54, 1.807) is 12.1 Å². The lowest BCUT2D eigenvalue weighted by atomic mass is 10.3. The van der Waals surface area contributed by atoms with Gasteiger partial charge in [0.1, 0.15) is 5.82 Å². The number of hydrogen-bond donors (Lipinski definition) is 2. The second-order valence-electron chi connectivity index (χ2n) is 3.00. The minimum atomic E-state index is -1.01. The van der Waals surface area contributed by atoms with Crippen molar-refractivity contribution in [2.45, 2.75) is 13.3 Å². The highest BCUT2D eigenvalue weighted by atomic mass is 16.4. The normalized spacial score (nSPS) is 10.5. The van der Waals surface area contributed by atoms with E-state index in [2.05, 4.69) is 10.3 Å². The van der Waals surface area contributed by atoms with Crippen LogP contribution in [0.3, 0.4) is 0 Å². The van der Waals surface area contributed by atoms with E-state index in [1.807, 2.05) is 19.1 Å². The van der Waals surface area contributed by atoms with Gasteiger partial charge in [-0.1, -0.05) is 18.2 Å². The Bertz CT molecular complexity index is 361. The summed E-state index contributed by atoms with van der Waals surface area (Å²) < 4.78 is 0. The molecule has 0 saturated carbocycles. The van der Waals surface area contributed by atoms with Crippen molar-refractivity contribution < 1.29 is 9.90 Å². The van der Waals surface area contributed by atoms with Crippen LogP contribution in [0.2, 0.25) is 0 Å². The van der Waals surface area contributed by atoms with Crippen LogP contribution in [0.5, 0.6) is 0 Å². The number of pyridine rings is 1. The predicted molar refractivity (Wildman–Crippen MR) is 59.1 cm³/mol. The number of aromatic carboxylic acids is 1. The van der Waals surface area contributed by atoms with Gasteiger partial charge >= 0.3 is 5.97 Å². The Morgan fingerprint density at radius 2 is 2.40 bits per heavy atom. The molecule has 4 heteroatoms. The number of rotatable bonds is 5. The summed E-state index contributed by atoms with van der Waals surface area (Å²) in [5.41, 5.74) is 0.0611. The van der Waals surface area contributed by atoms with Gasteiger partial charge in [-0.25, -0.2) is 9.78 Å². The van der Waals surface area contributed by atoms with Gasteiger partial charge in [0.25, 0.3) is 0 Å². The van der Waals surface area contributed by atoms with Crippen molar-refractivity contribution in [1.82, 2.24) is 4.98 Å². The molecule has 1 rings (SSSR count). The first kappa shape index (κ1) is 11.2. The van der Waals surface area contributed by atoms with E-state index in [-0.39, 0.29) is 5.69 Å². The van der Waals surface area contributed by atoms with Crippen molar-refractivity contribution >= 4 is 11.8 Å². The fourth-order valence-corrected chi connectivity index (χ4v) is 1.10. The summed E-state index contributed by atoms with van der Waals surface area (Å²) in [7, 11) is 0. The number of anilines is 1. The van der Waals surface area contributed by atoms with Crippen molar-refractivity contribution in [3.63, 3.8) is 0 Å².